The standard InChI is InChI=1S/C13H17F4NO2/c1-12(19,5-6-20-2)8-18-11-4-3-9(7-10(11)14)13(15,16)17/h3-4,7,18-19H,5-6,8H2,1-2H3. The molecule has 7 heteroatoms. The summed E-state index contributed by atoms with van der Waals surface area (Å²) in [5.41, 5.74) is -2.28. The summed E-state index contributed by atoms with van der Waals surface area (Å²) in [5, 5.41) is 12.5. The van der Waals surface area contributed by atoms with Crippen molar-refractivity contribution in [3.63, 3.8) is 0 Å². The van der Waals surface area contributed by atoms with Gasteiger partial charge in [0.25, 0.3) is 0 Å². The lowest BCUT2D eigenvalue weighted by atomic mass is 10.0. The number of ether oxygens (including phenoxy) is 1. The fourth-order valence-corrected chi connectivity index (χ4v) is 1.53. The summed E-state index contributed by atoms with van der Waals surface area (Å²) in [5.74, 6) is -1.01. The third-order valence-corrected chi connectivity index (χ3v) is 2.80. The van der Waals surface area contributed by atoms with Crippen LogP contribution in [0, 0.1) is 5.82 Å². The minimum atomic E-state index is -4.58. The zero-order valence-corrected chi connectivity index (χ0v) is 11.2. The summed E-state index contributed by atoms with van der Waals surface area (Å²) < 4.78 is 55.5. The molecule has 0 spiro atoms. The summed E-state index contributed by atoms with van der Waals surface area (Å²) in [6, 6.07) is 2.21. The Morgan fingerprint density at radius 2 is 1.95 bits per heavy atom. The number of benzene rings is 1. The van der Waals surface area contributed by atoms with E-state index in [1.807, 2.05) is 0 Å². The number of halogens is 4. The highest BCUT2D eigenvalue weighted by Gasteiger charge is 2.31. The Balaban J connectivity index is 2.70. The Hall–Kier alpha value is -1.34. The molecule has 0 saturated carbocycles. The highest BCUT2D eigenvalue weighted by atomic mass is 19.4. The van der Waals surface area contributed by atoms with E-state index in [0.717, 1.165) is 12.1 Å². The van der Waals surface area contributed by atoms with Gasteiger partial charge in [-0.25, -0.2) is 4.39 Å². The zero-order valence-electron chi connectivity index (χ0n) is 11.2. The Bertz CT molecular complexity index is 446. The molecule has 0 heterocycles. The van der Waals surface area contributed by atoms with Gasteiger partial charge in [0.15, 0.2) is 0 Å². The monoisotopic (exact) mass is 295 g/mol. The van der Waals surface area contributed by atoms with Crippen molar-refractivity contribution in [3.8, 4) is 0 Å². The lowest BCUT2D eigenvalue weighted by molar-refractivity contribution is -0.137. The fourth-order valence-electron chi connectivity index (χ4n) is 1.53. The first-order chi connectivity index (χ1) is 9.15. The Kier molecular flexibility index (Phi) is 5.35. The molecule has 1 aromatic rings. The maximum absolute atomic E-state index is 13.5. The molecule has 0 radical (unpaired) electrons. The summed E-state index contributed by atoms with van der Waals surface area (Å²) in [7, 11) is 1.49. The Morgan fingerprint density at radius 3 is 2.45 bits per heavy atom. The van der Waals surface area contributed by atoms with Crippen LogP contribution in [0.2, 0.25) is 0 Å². The van der Waals surface area contributed by atoms with Gasteiger partial charge in [0, 0.05) is 26.7 Å². The topological polar surface area (TPSA) is 41.5 Å². The summed E-state index contributed by atoms with van der Waals surface area (Å²) in [6.45, 7) is 1.85. The van der Waals surface area contributed by atoms with E-state index in [1.54, 1.807) is 0 Å². The van der Waals surface area contributed by atoms with Crippen molar-refractivity contribution in [2.75, 3.05) is 25.6 Å². The van der Waals surface area contributed by atoms with Gasteiger partial charge in [-0.1, -0.05) is 0 Å². The van der Waals surface area contributed by atoms with Crippen molar-refractivity contribution >= 4 is 5.69 Å². The van der Waals surface area contributed by atoms with Crippen molar-refractivity contribution in [2.45, 2.75) is 25.1 Å². The maximum Gasteiger partial charge on any atom is 0.416 e. The van der Waals surface area contributed by atoms with Gasteiger partial charge in [0.05, 0.1) is 16.9 Å². The lowest BCUT2D eigenvalue weighted by Gasteiger charge is -2.24. The van der Waals surface area contributed by atoms with Crippen LogP contribution in [0.5, 0.6) is 0 Å². The predicted octanol–water partition coefficient (Wildman–Crippen LogP) is 3.04. The van der Waals surface area contributed by atoms with Crippen LogP contribution in [0.3, 0.4) is 0 Å². The molecule has 0 aromatic heterocycles. The molecule has 1 unspecified atom stereocenters. The first-order valence-electron chi connectivity index (χ1n) is 5.98. The van der Waals surface area contributed by atoms with Crippen molar-refractivity contribution < 1.29 is 27.4 Å². The second kappa shape index (κ2) is 6.41. The van der Waals surface area contributed by atoms with Crippen molar-refractivity contribution in [1.29, 1.82) is 0 Å². The minimum absolute atomic E-state index is 0.00134. The molecule has 20 heavy (non-hydrogen) atoms. The van der Waals surface area contributed by atoms with Gasteiger partial charge < -0.3 is 15.2 Å². The van der Waals surface area contributed by atoms with Crippen molar-refractivity contribution in [1.82, 2.24) is 0 Å². The predicted molar refractivity (Wildman–Crippen MR) is 67.0 cm³/mol. The van der Waals surface area contributed by atoms with E-state index in [4.69, 9.17) is 4.74 Å². The highest BCUT2D eigenvalue weighted by molar-refractivity contribution is 5.47. The summed E-state index contributed by atoms with van der Waals surface area (Å²) in [4.78, 5) is 0. The molecule has 0 aliphatic heterocycles. The van der Waals surface area contributed by atoms with E-state index in [-0.39, 0.29) is 12.2 Å². The van der Waals surface area contributed by atoms with Gasteiger partial charge in [-0.05, 0) is 25.1 Å². The number of aliphatic hydroxyl groups is 1. The van der Waals surface area contributed by atoms with E-state index in [9.17, 15) is 22.7 Å². The number of nitrogens with one attached hydrogen (secondary N) is 1. The number of alkyl halides is 3. The average Bonchev–Trinajstić information content (AvgIpc) is 2.34. The number of hydrogen-bond acceptors (Lipinski definition) is 3. The van der Waals surface area contributed by atoms with E-state index in [1.165, 1.54) is 14.0 Å². The molecule has 0 aliphatic rings. The minimum Gasteiger partial charge on any atom is -0.388 e. The smallest absolute Gasteiger partial charge is 0.388 e. The third-order valence-electron chi connectivity index (χ3n) is 2.80. The quantitative estimate of drug-likeness (QED) is 0.793. The molecular weight excluding hydrogens is 278 g/mol. The van der Waals surface area contributed by atoms with Crippen LogP contribution < -0.4 is 5.32 Å². The number of rotatable bonds is 6. The van der Waals surface area contributed by atoms with Gasteiger partial charge in [0.1, 0.15) is 5.82 Å². The van der Waals surface area contributed by atoms with E-state index in [0.29, 0.717) is 19.1 Å². The van der Waals surface area contributed by atoms with Crippen LogP contribution in [0.4, 0.5) is 23.2 Å². The molecule has 1 aromatic carbocycles. The van der Waals surface area contributed by atoms with E-state index >= 15 is 0 Å². The number of anilines is 1. The van der Waals surface area contributed by atoms with E-state index in [2.05, 4.69) is 5.32 Å². The van der Waals surface area contributed by atoms with Crippen LogP contribution in [0.25, 0.3) is 0 Å². The highest BCUT2D eigenvalue weighted by Crippen LogP contribution is 2.31. The lowest BCUT2D eigenvalue weighted by Crippen LogP contribution is -2.34. The molecule has 2 N–H and O–H groups in total. The average molecular weight is 295 g/mol. The number of hydrogen-bond donors (Lipinski definition) is 2. The van der Waals surface area contributed by atoms with E-state index < -0.39 is 23.2 Å². The zero-order chi connectivity index (χ0) is 15.4. The van der Waals surface area contributed by atoms with Crippen LogP contribution in [-0.2, 0) is 10.9 Å². The van der Waals surface area contributed by atoms with Gasteiger partial charge in [0.2, 0.25) is 0 Å². The largest absolute Gasteiger partial charge is 0.416 e. The molecule has 114 valence electrons. The van der Waals surface area contributed by atoms with Gasteiger partial charge in [-0.3, -0.25) is 0 Å². The molecule has 3 nitrogen and oxygen atoms in total. The maximum atomic E-state index is 13.5. The van der Waals surface area contributed by atoms with Crippen LogP contribution in [-0.4, -0.2) is 31.0 Å². The molecule has 0 bridgehead atoms. The second-order valence-electron chi connectivity index (χ2n) is 4.79. The van der Waals surface area contributed by atoms with Crippen LogP contribution in [0.1, 0.15) is 18.9 Å². The van der Waals surface area contributed by atoms with Crippen LogP contribution >= 0.6 is 0 Å². The fraction of sp³-hybridized carbons (Fsp3) is 0.538. The van der Waals surface area contributed by atoms with Crippen molar-refractivity contribution in [3.05, 3.63) is 29.6 Å². The summed E-state index contributed by atoms with van der Waals surface area (Å²) in [6.07, 6.45) is -4.26. The molecule has 1 rings (SSSR count). The van der Waals surface area contributed by atoms with Gasteiger partial charge in [-0.2, -0.15) is 13.2 Å². The SMILES string of the molecule is COCCC(C)(O)CNc1ccc(C(F)(F)F)cc1F. The molecular formula is C13H17F4NO2. The second-order valence-corrected chi connectivity index (χ2v) is 4.79. The normalized spacial score (nSPS) is 14.9. The molecule has 0 aliphatic carbocycles. The molecule has 0 amide bonds. The summed E-state index contributed by atoms with van der Waals surface area (Å²) >= 11 is 0. The van der Waals surface area contributed by atoms with Crippen LogP contribution in [0.15, 0.2) is 18.2 Å². The Labute approximate surface area is 114 Å². The van der Waals surface area contributed by atoms with Gasteiger partial charge >= 0.3 is 6.18 Å². The van der Waals surface area contributed by atoms with Crippen molar-refractivity contribution in [2.24, 2.45) is 0 Å². The van der Waals surface area contributed by atoms with Gasteiger partial charge in [-0.15, -0.1) is 0 Å². The first kappa shape index (κ1) is 16.7. The first-order valence-corrected chi connectivity index (χ1v) is 5.98. The molecule has 0 fully saturated rings. The molecule has 1 atom stereocenters. The molecule has 0 saturated heterocycles. The third kappa shape index (κ3) is 4.97. The Morgan fingerprint density at radius 1 is 1.30 bits per heavy atom. The number of methoxy groups -OCH3 is 1.